The molecule has 8 nitrogen and oxygen atoms in total. The fraction of sp³-hybridized carbons (Fsp3) is 0.643. The Bertz CT molecular complexity index is 682. The lowest BCUT2D eigenvalue weighted by molar-refractivity contribution is -0.119. The van der Waals surface area contributed by atoms with Crippen LogP contribution in [0.3, 0.4) is 0 Å². The largest absolute Gasteiger partial charge is 0.464 e. The maximum Gasteiger partial charge on any atom is 0.356 e. The van der Waals surface area contributed by atoms with Gasteiger partial charge in [-0.25, -0.2) is 18.2 Å². The molecule has 1 heterocycles. The quantitative estimate of drug-likeness (QED) is 0.758. The Morgan fingerprint density at radius 1 is 1.39 bits per heavy atom. The molecule has 1 aliphatic carbocycles. The van der Waals surface area contributed by atoms with Crippen molar-refractivity contribution in [3.05, 3.63) is 11.9 Å². The molecule has 0 bridgehead atoms. The third-order valence-electron chi connectivity index (χ3n) is 4.03. The Balaban J connectivity index is 2.01. The van der Waals surface area contributed by atoms with Gasteiger partial charge < -0.3 is 15.0 Å². The van der Waals surface area contributed by atoms with Crippen LogP contribution in [0, 0.1) is 5.92 Å². The van der Waals surface area contributed by atoms with Crippen LogP contribution in [-0.2, 0) is 19.4 Å². The first kappa shape index (κ1) is 17.5. The number of aromatic nitrogens is 2. The third kappa shape index (κ3) is 4.31. The molecule has 0 aliphatic heterocycles. The summed E-state index contributed by atoms with van der Waals surface area (Å²) in [6, 6.07) is 0.00804. The number of nitrogens with one attached hydrogen (secondary N) is 2. The summed E-state index contributed by atoms with van der Waals surface area (Å²) in [5.74, 6) is -1.64. The first-order chi connectivity index (χ1) is 10.8. The number of imidazole rings is 1. The molecule has 0 aromatic carbocycles. The van der Waals surface area contributed by atoms with Crippen LogP contribution in [0.2, 0.25) is 0 Å². The molecule has 128 valence electrons. The van der Waals surface area contributed by atoms with Gasteiger partial charge in [0.2, 0.25) is 20.9 Å². The molecule has 9 heteroatoms. The molecular weight excluding hydrogens is 322 g/mol. The van der Waals surface area contributed by atoms with Gasteiger partial charge in [-0.2, -0.15) is 0 Å². The Morgan fingerprint density at radius 2 is 2.09 bits per heavy atom. The fourth-order valence-corrected chi connectivity index (χ4v) is 3.74. The molecule has 1 fully saturated rings. The molecule has 23 heavy (non-hydrogen) atoms. The van der Waals surface area contributed by atoms with Gasteiger partial charge in [-0.1, -0.05) is 19.8 Å². The lowest BCUT2D eigenvalue weighted by Gasteiger charge is -2.29. The average molecular weight is 343 g/mol. The SMILES string of the molecule is COC(=O)c1cnc(S(=O)(=O)CC(=O)N[C@@H]2CCCC[C@H]2C)[nH]1. The van der Waals surface area contributed by atoms with Gasteiger partial charge in [-0.05, 0) is 18.8 Å². The number of H-pyrrole nitrogens is 1. The highest BCUT2D eigenvalue weighted by Crippen LogP contribution is 2.23. The van der Waals surface area contributed by atoms with E-state index in [2.05, 4.69) is 20.0 Å². The van der Waals surface area contributed by atoms with E-state index >= 15 is 0 Å². The van der Waals surface area contributed by atoms with Crippen molar-refractivity contribution in [1.82, 2.24) is 15.3 Å². The molecule has 1 aliphatic rings. The molecule has 1 amide bonds. The normalized spacial score (nSPS) is 21.7. The number of nitrogens with zero attached hydrogens (tertiary/aromatic N) is 1. The monoisotopic (exact) mass is 343 g/mol. The third-order valence-corrected chi connectivity index (χ3v) is 5.47. The molecule has 1 aromatic rings. The Labute approximate surface area is 134 Å². The number of hydrogen-bond acceptors (Lipinski definition) is 6. The number of sulfone groups is 1. The summed E-state index contributed by atoms with van der Waals surface area (Å²) < 4.78 is 28.8. The van der Waals surface area contributed by atoms with E-state index in [1.54, 1.807) is 0 Å². The summed E-state index contributed by atoms with van der Waals surface area (Å²) in [5, 5.41) is 2.37. The van der Waals surface area contributed by atoms with Crippen molar-refractivity contribution in [3.63, 3.8) is 0 Å². The molecule has 2 N–H and O–H groups in total. The number of carbonyl (C=O) groups excluding carboxylic acids is 2. The zero-order chi connectivity index (χ0) is 17.0. The van der Waals surface area contributed by atoms with Gasteiger partial charge >= 0.3 is 5.97 Å². The maximum absolute atomic E-state index is 12.2. The van der Waals surface area contributed by atoms with Crippen molar-refractivity contribution in [2.75, 3.05) is 12.9 Å². The highest BCUT2D eigenvalue weighted by molar-refractivity contribution is 7.91. The number of ether oxygens (including phenoxy) is 1. The first-order valence-electron chi connectivity index (χ1n) is 7.49. The predicted molar refractivity (Wildman–Crippen MR) is 81.5 cm³/mol. The van der Waals surface area contributed by atoms with E-state index in [1.807, 2.05) is 6.92 Å². The molecule has 1 aromatic heterocycles. The van der Waals surface area contributed by atoms with Gasteiger partial charge in [0.1, 0.15) is 11.4 Å². The smallest absolute Gasteiger partial charge is 0.356 e. The topological polar surface area (TPSA) is 118 Å². The van der Waals surface area contributed by atoms with Crippen LogP contribution in [-0.4, -0.2) is 49.2 Å². The van der Waals surface area contributed by atoms with Crippen molar-refractivity contribution in [2.24, 2.45) is 5.92 Å². The van der Waals surface area contributed by atoms with Gasteiger partial charge in [-0.3, -0.25) is 4.79 Å². The van der Waals surface area contributed by atoms with Crippen molar-refractivity contribution >= 4 is 21.7 Å². The number of amides is 1. The van der Waals surface area contributed by atoms with E-state index in [0.29, 0.717) is 5.92 Å². The van der Waals surface area contributed by atoms with Crippen molar-refractivity contribution in [2.45, 2.75) is 43.8 Å². The second-order valence-electron chi connectivity index (χ2n) is 5.79. The van der Waals surface area contributed by atoms with Gasteiger partial charge in [0.25, 0.3) is 0 Å². The van der Waals surface area contributed by atoms with Crippen molar-refractivity contribution in [1.29, 1.82) is 0 Å². The minimum absolute atomic E-state index is 0.00804. The van der Waals surface area contributed by atoms with Gasteiger partial charge in [0.05, 0.1) is 13.3 Å². The van der Waals surface area contributed by atoms with Crippen LogP contribution < -0.4 is 5.32 Å². The summed E-state index contributed by atoms with van der Waals surface area (Å²) in [4.78, 5) is 29.3. The summed E-state index contributed by atoms with van der Waals surface area (Å²) in [5.41, 5.74) is -0.0765. The van der Waals surface area contributed by atoms with E-state index in [-0.39, 0.29) is 11.7 Å². The highest BCUT2D eigenvalue weighted by Gasteiger charge is 2.27. The number of methoxy groups -OCH3 is 1. The Hall–Kier alpha value is -1.90. The molecule has 0 spiro atoms. The van der Waals surface area contributed by atoms with Gasteiger partial charge in [0, 0.05) is 6.04 Å². The Morgan fingerprint density at radius 3 is 2.74 bits per heavy atom. The first-order valence-corrected chi connectivity index (χ1v) is 9.14. The fourth-order valence-electron chi connectivity index (χ4n) is 2.69. The van der Waals surface area contributed by atoms with E-state index in [0.717, 1.165) is 31.9 Å². The van der Waals surface area contributed by atoms with Gasteiger partial charge in [-0.15, -0.1) is 0 Å². The number of carbonyl (C=O) groups is 2. The van der Waals surface area contributed by atoms with Crippen molar-refractivity contribution in [3.8, 4) is 0 Å². The van der Waals surface area contributed by atoms with Crippen LogP contribution in [0.25, 0.3) is 0 Å². The van der Waals surface area contributed by atoms with Crippen LogP contribution in [0.4, 0.5) is 0 Å². The van der Waals surface area contributed by atoms with E-state index in [4.69, 9.17) is 0 Å². The average Bonchev–Trinajstić information content (AvgIpc) is 2.99. The van der Waals surface area contributed by atoms with Gasteiger partial charge in [0.15, 0.2) is 0 Å². The second kappa shape index (κ2) is 7.12. The van der Waals surface area contributed by atoms with Crippen LogP contribution in [0.1, 0.15) is 43.1 Å². The van der Waals surface area contributed by atoms with E-state index < -0.39 is 32.6 Å². The Kier molecular flexibility index (Phi) is 5.40. The van der Waals surface area contributed by atoms with E-state index in [9.17, 15) is 18.0 Å². The summed E-state index contributed by atoms with van der Waals surface area (Å²) >= 11 is 0. The lowest BCUT2D eigenvalue weighted by atomic mass is 9.86. The van der Waals surface area contributed by atoms with Crippen molar-refractivity contribution < 1.29 is 22.7 Å². The molecule has 2 rings (SSSR count). The maximum atomic E-state index is 12.2. The molecule has 0 radical (unpaired) electrons. The predicted octanol–water partition coefficient (Wildman–Crippen LogP) is 0.665. The number of hydrogen-bond donors (Lipinski definition) is 2. The highest BCUT2D eigenvalue weighted by atomic mass is 32.2. The minimum Gasteiger partial charge on any atom is -0.464 e. The molecular formula is C14H21N3O5S. The molecule has 0 unspecified atom stereocenters. The van der Waals surface area contributed by atoms with Crippen LogP contribution in [0.5, 0.6) is 0 Å². The zero-order valence-electron chi connectivity index (χ0n) is 13.2. The zero-order valence-corrected chi connectivity index (χ0v) is 14.0. The minimum atomic E-state index is -3.94. The van der Waals surface area contributed by atoms with E-state index in [1.165, 1.54) is 7.11 Å². The standard InChI is InChI=1S/C14H21N3O5S/c1-9-5-3-4-6-10(9)16-12(18)8-23(20,21)14-15-7-11(17-14)13(19)22-2/h7,9-10H,3-6,8H2,1-2H3,(H,15,17)(H,16,18)/t9-,10-/m1/s1. The molecule has 0 saturated heterocycles. The van der Waals surface area contributed by atoms with Crippen LogP contribution in [0.15, 0.2) is 11.4 Å². The summed E-state index contributed by atoms with van der Waals surface area (Å²) in [6.45, 7) is 2.05. The number of rotatable bonds is 5. The molecule has 2 atom stereocenters. The number of aromatic amines is 1. The summed E-state index contributed by atoms with van der Waals surface area (Å²) in [6.07, 6.45) is 5.12. The van der Waals surface area contributed by atoms with Crippen LogP contribution >= 0.6 is 0 Å². The lowest BCUT2D eigenvalue weighted by Crippen LogP contribution is -2.43. The number of esters is 1. The summed E-state index contributed by atoms with van der Waals surface area (Å²) in [7, 11) is -2.76. The molecule has 1 saturated carbocycles. The second-order valence-corrected chi connectivity index (χ2v) is 7.69.